The van der Waals surface area contributed by atoms with Crippen molar-refractivity contribution < 1.29 is 19.0 Å². The topological polar surface area (TPSA) is 128 Å². The summed E-state index contributed by atoms with van der Waals surface area (Å²) < 4.78 is 18.8. The molecule has 41 heavy (non-hydrogen) atoms. The summed E-state index contributed by atoms with van der Waals surface area (Å²) in [6, 6.07) is 19.5. The fourth-order valence-corrected chi connectivity index (χ4v) is 5.28. The van der Waals surface area contributed by atoms with Crippen LogP contribution in [0.2, 0.25) is 0 Å². The van der Waals surface area contributed by atoms with Gasteiger partial charge in [0.15, 0.2) is 5.65 Å². The third kappa shape index (κ3) is 4.85. The molecule has 2 heterocycles. The molecule has 210 valence electrons. The predicted octanol–water partition coefficient (Wildman–Crippen LogP) is 5.43. The van der Waals surface area contributed by atoms with Gasteiger partial charge >= 0.3 is 5.97 Å². The first-order valence-corrected chi connectivity index (χ1v) is 13.2. The second-order valence-electron chi connectivity index (χ2n) is 9.72. The van der Waals surface area contributed by atoms with Gasteiger partial charge in [-0.05, 0) is 44.0 Å². The Morgan fingerprint density at radius 1 is 0.927 bits per heavy atom. The molecule has 0 unspecified atom stereocenters. The molecule has 0 saturated carbocycles. The van der Waals surface area contributed by atoms with E-state index in [1.54, 1.807) is 18.6 Å². The number of benzene rings is 3. The van der Waals surface area contributed by atoms with Crippen LogP contribution in [0.5, 0.6) is 11.5 Å². The molecule has 9 nitrogen and oxygen atoms in total. The fourth-order valence-electron chi connectivity index (χ4n) is 5.28. The van der Waals surface area contributed by atoms with Crippen molar-refractivity contribution in [2.24, 2.45) is 5.73 Å². The lowest BCUT2D eigenvalue weighted by molar-refractivity contribution is 0.0604. The van der Waals surface area contributed by atoms with E-state index < -0.39 is 5.97 Å². The molecule has 0 bridgehead atoms. The molecule has 0 radical (unpaired) electrons. The number of hydrogen-bond acceptors (Lipinski definition) is 8. The number of nitrogens with zero attached hydrogens (tertiary/aromatic N) is 3. The van der Waals surface area contributed by atoms with Gasteiger partial charge < -0.3 is 25.7 Å². The number of hydrogen-bond donors (Lipinski definition) is 2. The molecule has 0 fully saturated rings. The second-order valence-corrected chi connectivity index (χ2v) is 9.72. The number of rotatable bonds is 8. The second kappa shape index (κ2) is 11.3. The van der Waals surface area contributed by atoms with Crippen LogP contribution in [-0.2, 0) is 17.9 Å². The van der Waals surface area contributed by atoms with Gasteiger partial charge in [0.25, 0.3) is 0 Å². The number of anilines is 1. The third-order valence-corrected chi connectivity index (χ3v) is 7.21. The Labute approximate surface area is 238 Å². The van der Waals surface area contributed by atoms with Crippen LogP contribution in [0.25, 0.3) is 28.0 Å². The minimum absolute atomic E-state index is 0.178. The van der Waals surface area contributed by atoms with Crippen LogP contribution in [0, 0.1) is 20.8 Å². The van der Waals surface area contributed by atoms with E-state index >= 15 is 0 Å². The van der Waals surface area contributed by atoms with Gasteiger partial charge in [0.1, 0.15) is 35.3 Å². The van der Waals surface area contributed by atoms with Crippen LogP contribution in [0.15, 0.2) is 60.7 Å². The summed E-state index contributed by atoms with van der Waals surface area (Å²) in [5.41, 5.74) is 19.2. The van der Waals surface area contributed by atoms with Crippen molar-refractivity contribution in [3.05, 3.63) is 94.3 Å². The first kappa shape index (κ1) is 27.7. The Hall–Kier alpha value is -4.89. The van der Waals surface area contributed by atoms with E-state index in [9.17, 15) is 4.79 Å². The molecule has 5 rings (SSSR count). The molecule has 0 atom stereocenters. The molecule has 0 aliphatic carbocycles. The summed E-state index contributed by atoms with van der Waals surface area (Å²) in [7, 11) is 2.91. The van der Waals surface area contributed by atoms with Crippen molar-refractivity contribution in [2.45, 2.75) is 33.9 Å². The number of esters is 1. The van der Waals surface area contributed by atoms with Gasteiger partial charge in [-0.15, -0.1) is 0 Å². The highest BCUT2D eigenvalue weighted by Gasteiger charge is 2.30. The van der Waals surface area contributed by atoms with Crippen LogP contribution in [0.4, 0.5) is 5.82 Å². The van der Waals surface area contributed by atoms with Crippen LogP contribution < -0.4 is 20.9 Å². The summed E-state index contributed by atoms with van der Waals surface area (Å²) in [4.78, 5) is 22.9. The van der Waals surface area contributed by atoms with Gasteiger partial charge in [0.2, 0.25) is 0 Å². The number of nitrogens with two attached hydrogens (primary N) is 2. The van der Waals surface area contributed by atoms with Gasteiger partial charge in [-0.3, -0.25) is 4.57 Å². The molecular weight excluding hydrogens is 518 g/mol. The van der Waals surface area contributed by atoms with Gasteiger partial charge in [-0.2, -0.15) is 0 Å². The number of aromatic nitrogens is 3. The average molecular weight is 552 g/mol. The van der Waals surface area contributed by atoms with E-state index in [1.807, 2.05) is 74.5 Å². The molecule has 9 heteroatoms. The number of carbonyl (C=O) groups is 1. The molecule has 3 aromatic carbocycles. The van der Waals surface area contributed by atoms with Crippen molar-refractivity contribution >= 4 is 22.8 Å². The quantitative estimate of drug-likeness (QED) is 0.245. The highest BCUT2D eigenvalue weighted by molar-refractivity contribution is 6.13. The van der Waals surface area contributed by atoms with Crippen molar-refractivity contribution in [1.29, 1.82) is 0 Å². The maximum Gasteiger partial charge on any atom is 0.342 e. The van der Waals surface area contributed by atoms with Gasteiger partial charge in [-0.25, -0.2) is 14.8 Å². The minimum Gasteiger partial charge on any atom is -0.496 e. The Kier molecular flexibility index (Phi) is 7.63. The van der Waals surface area contributed by atoms with Gasteiger partial charge in [-0.1, -0.05) is 48.5 Å². The van der Waals surface area contributed by atoms with E-state index in [0.29, 0.717) is 40.7 Å². The minimum atomic E-state index is -0.594. The number of fused-ring (bicyclic) bond motifs is 1. The largest absolute Gasteiger partial charge is 0.496 e. The fraction of sp³-hybridized carbons (Fsp3) is 0.219. The SMILES string of the molecule is COC(=O)c1c(N)n(-c2c(C)ccc(OCc3ccccc3)c2C)c2nc(C)nc(-c3cccc(OC)c3CN)c12. The summed E-state index contributed by atoms with van der Waals surface area (Å²) in [5, 5.41) is 0.470. The summed E-state index contributed by atoms with van der Waals surface area (Å²) in [6.07, 6.45) is 0. The molecule has 0 aliphatic rings. The lowest BCUT2D eigenvalue weighted by Crippen LogP contribution is -2.10. The summed E-state index contributed by atoms with van der Waals surface area (Å²) >= 11 is 0. The standard InChI is InChI=1S/C32H33N5O4/c1-18-14-15-24(41-17-21-10-7-6-8-11-21)19(2)29(18)37-30(34)27(32(38)40-5)26-28(35-20(3)36-31(26)37)22-12-9-13-25(39-4)23(22)16-33/h6-15H,16-17,33-34H2,1-5H3. The summed E-state index contributed by atoms with van der Waals surface area (Å²) in [6.45, 7) is 6.36. The van der Waals surface area contributed by atoms with Crippen molar-refractivity contribution in [2.75, 3.05) is 20.0 Å². The smallest absolute Gasteiger partial charge is 0.342 e. The molecule has 0 amide bonds. The molecule has 4 N–H and O–H groups in total. The predicted molar refractivity (Wildman–Crippen MR) is 159 cm³/mol. The van der Waals surface area contributed by atoms with Crippen molar-refractivity contribution in [1.82, 2.24) is 14.5 Å². The number of methoxy groups -OCH3 is 2. The van der Waals surface area contributed by atoms with Gasteiger partial charge in [0, 0.05) is 23.2 Å². The first-order valence-electron chi connectivity index (χ1n) is 13.2. The zero-order valence-electron chi connectivity index (χ0n) is 23.8. The van der Waals surface area contributed by atoms with Crippen LogP contribution >= 0.6 is 0 Å². The molecule has 5 aromatic rings. The molecule has 2 aromatic heterocycles. The summed E-state index contributed by atoms with van der Waals surface area (Å²) in [5.74, 6) is 1.41. The lowest BCUT2D eigenvalue weighted by atomic mass is 9.99. The number of aryl methyl sites for hydroxylation is 2. The van der Waals surface area contributed by atoms with Crippen molar-refractivity contribution in [3.63, 3.8) is 0 Å². The highest BCUT2D eigenvalue weighted by atomic mass is 16.5. The number of carbonyl (C=O) groups excluding carboxylic acids is 1. The van der Waals surface area contributed by atoms with E-state index in [4.69, 9.17) is 35.6 Å². The average Bonchev–Trinajstić information content (AvgIpc) is 3.27. The van der Waals surface area contributed by atoms with E-state index in [1.165, 1.54) is 7.11 Å². The van der Waals surface area contributed by atoms with Gasteiger partial charge in [0.05, 0.1) is 31.0 Å². The maximum absolute atomic E-state index is 13.3. The number of nitrogen functional groups attached to an aromatic ring is 1. The van der Waals surface area contributed by atoms with Crippen LogP contribution in [0.1, 0.15) is 38.4 Å². The maximum atomic E-state index is 13.3. The normalized spacial score (nSPS) is 11.1. The molecule has 0 aliphatic heterocycles. The van der Waals surface area contributed by atoms with Crippen LogP contribution in [-0.4, -0.2) is 34.7 Å². The molecule has 0 spiro atoms. The third-order valence-electron chi connectivity index (χ3n) is 7.21. The monoisotopic (exact) mass is 551 g/mol. The Balaban J connectivity index is 1.80. The molecule has 0 saturated heterocycles. The zero-order chi connectivity index (χ0) is 29.3. The van der Waals surface area contributed by atoms with E-state index in [0.717, 1.165) is 33.5 Å². The highest BCUT2D eigenvalue weighted by Crippen LogP contribution is 2.41. The van der Waals surface area contributed by atoms with Crippen molar-refractivity contribution in [3.8, 4) is 28.4 Å². The Morgan fingerprint density at radius 3 is 2.37 bits per heavy atom. The van der Waals surface area contributed by atoms with Crippen LogP contribution in [0.3, 0.4) is 0 Å². The Morgan fingerprint density at radius 2 is 1.68 bits per heavy atom. The lowest BCUT2D eigenvalue weighted by Gasteiger charge is -2.18. The zero-order valence-corrected chi connectivity index (χ0v) is 23.8. The number of ether oxygens (including phenoxy) is 3. The molecular formula is C32H33N5O4. The van der Waals surface area contributed by atoms with E-state index in [2.05, 4.69) is 0 Å². The Bertz CT molecular complexity index is 1760. The van der Waals surface area contributed by atoms with E-state index in [-0.39, 0.29) is 17.9 Å². The first-order chi connectivity index (χ1) is 19.8.